The molecule has 9 nitrogen and oxygen atoms in total. The molecule has 31 heavy (non-hydrogen) atoms. The fraction of sp³-hybridized carbons (Fsp3) is 0.0500. The molecule has 4 aromatic rings. The molecule has 0 fully saturated rings. The summed E-state index contributed by atoms with van der Waals surface area (Å²) in [6.07, 6.45) is 1.50. The first-order valence-corrected chi connectivity index (χ1v) is 11.4. The minimum absolute atomic E-state index is 0.00629. The van der Waals surface area contributed by atoms with Gasteiger partial charge in [-0.1, -0.05) is 12.1 Å². The van der Waals surface area contributed by atoms with Crippen LogP contribution in [-0.2, 0) is 10.0 Å². The lowest BCUT2D eigenvalue weighted by Crippen LogP contribution is -2.35. The first kappa shape index (κ1) is 19.3. The number of nitrogens with one attached hydrogen (secondary N) is 2. The molecule has 0 amide bonds. The molecule has 3 N–H and O–H groups in total. The molecule has 156 valence electrons. The van der Waals surface area contributed by atoms with Gasteiger partial charge in [-0.3, -0.25) is 10.2 Å². The Bertz CT molecular complexity index is 1550. The van der Waals surface area contributed by atoms with Crippen molar-refractivity contribution in [1.29, 1.82) is 0 Å². The van der Waals surface area contributed by atoms with Crippen LogP contribution >= 0.6 is 11.3 Å². The Morgan fingerprint density at radius 3 is 2.71 bits per heavy atom. The maximum Gasteiger partial charge on any atom is 0.286 e. The summed E-state index contributed by atoms with van der Waals surface area (Å²) in [6, 6.07) is 13.1. The lowest BCUT2D eigenvalue weighted by molar-refractivity contribution is 0.478. The van der Waals surface area contributed by atoms with Crippen molar-refractivity contribution >= 4 is 48.9 Å². The molecule has 0 spiro atoms. The molecule has 0 bridgehead atoms. The summed E-state index contributed by atoms with van der Waals surface area (Å²) in [5.41, 5.74) is 2.49. The van der Waals surface area contributed by atoms with Crippen LogP contribution in [0.15, 0.2) is 68.8 Å². The average Bonchev–Trinajstić information content (AvgIpc) is 3.16. The highest BCUT2D eigenvalue weighted by molar-refractivity contribution is 7.90. The molecule has 0 atom stereocenters. The number of sulfonamides is 1. The minimum atomic E-state index is -4.06. The van der Waals surface area contributed by atoms with E-state index in [4.69, 9.17) is 0 Å². The van der Waals surface area contributed by atoms with Gasteiger partial charge < -0.3 is 10.4 Å². The number of thiophene rings is 1. The molecule has 0 aliphatic carbocycles. The summed E-state index contributed by atoms with van der Waals surface area (Å²) in [5, 5.41) is 14.7. The smallest absolute Gasteiger partial charge is 0.286 e. The molecular formula is C20H15N5O4S2. The van der Waals surface area contributed by atoms with Gasteiger partial charge in [0.15, 0.2) is 11.5 Å². The third kappa shape index (κ3) is 3.14. The monoisotopic (exact) mass is 453 g/mol. The van der Waals surface area contributed by atoms with E-state index in [1.165, 1.54) is 28.3 Å². The summed E-state index contributed by atoms with van der Waals surface area (Å²) in [7, 11) is -4.06. The van der Waals surface area contributed by atoms with Crippen molar-refractivity contribution in [3.63, 3.8) is 0 Å². The van der Waals surface area contributed by atoms with Crippen molar-refractivity contribution in [3.05, 3.63) is 75.5 Å². The van der Waals surface area contributed by atoms with Crippen LogP contribution in [-0.4, -0.2) is 29.0 Å². The van der Waals surface area contributed by atoms with E-state index in [0.717, 1.165) is 4.88 Å². The van der Waals surface area contributed by atoms with E-state index in [1.54, 1.807) is 30.3 Å². The lowest BCUT2D eigenvalue weighted by atomic mass is 10.1. The number of nitrogens with zero attached hydrogens (tertiary/aromatic N) is 3. The van der Waals surface area contributed by atoms with Crippen molar-refractivity contribution in [2.75, 3.05) is 10.7 Å². The zero-order chi connectivity index (χ0) is 21.8. The van der Waals surface area contributed by atoms with Crippen molar-refractivity contribution in [3.8, 4) is 5.75 Å². The fourth-order valence-corrected chi connectivity index (χ4v) is 5.23. The number of para-hydroxylation sites is 1. The van der Waals surface area contributed by atoms with E-state index in [1.807, 2.05) is 19.1 Å². The Morgan fingerprint density at radius 1 is 1.13 bits per heavy atom. The van der Waals surface area contributed by atoms with Gasteiger partial charge in [0, 0.05) is 11.1 Å². The van der Waals surface area contributed by atoms with E-state index >= 15 is 0 Å². The number of aromatic hydroxyl groups is 1. The summed E-state index contributed by atoms with van der Waals surface area (Å²) in [4.78, 5) is 18.7. The predicted octanol–water partition coefficient (Wildman–Crippen LogP) is 2.91. The number of benzene rings is 1. The number of aromatic nitrogens is 2. The number of rotatable bonds is 3. The van der Waals surface area contributed by atoms with Gasteiger partial charge in [0.1, 0.15) is 21.2 Å². The number of pyridine rings is 2. The van der Waals surface area contributed by atoms with Crippen molar-refractivity contribution in [1.82, 2.24) is 9.66 Å². The van der Waals surface area contributed by atoms with Gasteiger partial charge in [0.25, 0.3) is 15.6 Å². The third-order valence-electron chi connectivity index (χ3n) is 4.74. The summed E-state index contributed by atoms with van der Waals surface area (Å²) in [6.45, 7) is 1.93. The second-order valence-electron chi connectivity index (χ2n) is 6.80. The first-order valence-electron chi connectivity index (χ1n) is 9.13. The van der Waals surface area contributed by atoms with Crippen LogP contribution in [0.4, 0.5) is 10.7 Å². The van der Waals surface area contributed by atoms with Crippen LogP contribution in [0.3, 0.4) is 0 Å². The SMILES string of the molecule is Cc1ccc(Nn2c(=O)c(C3=NS(=O)(=O)c4ccccc4N3)c(O)c3cccnc32)s1. The number of amidine groups is 1. The second kappa shape index (κ2) is 6.93. The van der Waals surface area contributed by atoms with Gasteiger partial charge in [-0.25, -0.2) is 4.98 Å². The molecule has 0 saturated heterocycles. The number of fused-ring (bicyclic) bond motifs is 2. The standard InChI is InChI=1S/C20H15N5O4S2/c1-11-8-9-15(30-11)23-25-19-12(5-4-10-21-19)17(26)16(20(25)27)18-22-13-6-2-3-7-14(13)31(28,29)24-18/h2-10,23,26H,1H3,(H,22,24). The van der Waals surface area contributed by atoms with Crippen LogP contribution in [0.2, 0.25) is 0 Å². The quantitative estimate of drug-likeness (QED) is 0.435. The summed E-state index contributed by atoms with van der Waals surface area (Å²) in [5.74, 6) is -0.667. The van der Waals surface area contributed by atoms with Gasteiger partial charge in [-0.15, -0.1) is 15.7 Å². The highest BCUT2D eigenvalue weighted by Crippen LogP contribution is 2.32. The average molecular weight is 454 g/mol. The van der Waals surface area contributed by atoms with Crippen molar-refractivity contribution in [2.45, 2.75) is 11.8 Å². The first-order chi connectivity index (χ1) is 14.8. The maximum absolute atomic E-state index is 13.4. The van der Waals surface area contributed by atoms with Crippen LogP contribution in [0, 0.1) is 6.92 Å². The Morgan fingerprint density at radius 2 is 1.94 bits per heavy atom. The molecule has 1 aromatic carbocycles. The molecule has 1 aliphatic heterocycles. The zero-order valence-corrected chi connectivity index (χ0v) is 17.7. The lowest BCUT2D eigenvalue weighted by Gasteiger charge is -2.20. The second-order valence-corrected chi connectivity index (χ2v) is 9.66. The highest BCUT2D eigenvalue weighted by atomic mass is 32.2. The van der Waals surface area contributed by atoms with Crippen LogP contribution < -0.4 is 16.3 Å². The van der Waals surface area contributed by atoms with E-state index < -0.39 is 21.3 Å². The van der Waals surface area contributed by atoms with Gasteiger partial charge >= 0.3 is 0 Å². The Hall–Kier alpha value is -3.70. The summed E-state index contributed by atoms with van der Waals surface area (Å²) < 4.78 is 30.3. The summed E-state index contributed by atoms with van der Waals surface area (Å²) >= 11 is 1.43. The van der Waals surface area contributed by atoms with E-state index in [-0.39, 0.29) is 33.0 Å². The normalized spacial score (nSPS) is 14.5. The van der Waals surface area contributed by atoms with Crippen molar-refractivity contribution in [2.24, 2.45) is 4.40 Å². The van der Waals surface area contributed by atoms with Crippen molar-refractivity contribution < 1.29 is 13.5 Å². The van der Waals surface area contributed by atoms with E-state index in [2.05, 4.69) is 20.1 Å². The van der Waals surface area contributed by atoms with Crippen LogP contribution in [0.25, 0.3) is 11.0 Å². The largest absolute Gasteiger partial charge is 0.506 e. The number of hydrogen-bond acceptors (Lipinski definition) is 8. The third-order valence-corrected chi connectivity index (χ3v) is 6.98. The van der Waals surface area contributed by atoms with Crippen LogP contribution in [0.1, 0.15) is 10.4 Å². The van der Waals surface area contributed by atoms with Crippen LogP contribution in [0.5, 0.6) is 5.75 Å². The fourth-order valence-electron chi connectivity index (χ4n) is 3.35. The predicted molar refractivity (Wildman–Crippen MR) is 120 cm³/mol. The van der Waals surface area contributed by atoms with Gasteiger partial charge in [-0.05, 0) is 43.3 Å². The number of aryl methyl sites for hydroxylation is 1. The molecular weight excluding hydrogens is 438 g/mol. The Labute approximate surface area is 180 Å². The van der Waals surface area contributed by atoms with Gasteiger partial charge in [0.05, 0.1) is 11.1 Å². The molecule has 0 unspecified atom stereocenters. The maximum atomic E-state index is 13.4. The highest BCUT2D eigenvalue weighted by Gasteiger charge is 2.30. The molecule has 0 saturated carbocycles. The molecule has 1 aliphatic rings. The molecule has 5 rings (SSSR count). The topological polar surface area (TPSA) is 126 Å². The van der Waals surface area contributed by atoms with E-state index in [9.17, 15) is 18.3 Å². The Balaban J connectivity index is 1.77. The number of anilines is 2. The number of hydrogen-bond donors (Lipinski definition) is 3. The molecule has 0 radical (unpaired) electrons. The molecule has 11 heteroatoms. The minimum Gasteiger partial charge on any atom is -0.506 e. The van der Waals surface area contributed by atoms with Gasteiger partial charge in [-0.2, -0.15) is 13.1 Å². The molecule has 4 heterocycles. The van der Waals surface area contributed by atoms with Gasteiger partial charge in [0.2, 0.25) is 0 Å². The van der Waals surface area contributed by atoms with E-state index in [0.29, 0.717) is 5.00 Å². The zero-order valence-electron chi connectivity index (χ0n) is 16.0. The Kier molecular flexibility index (Phi) is 4.31. The molecule has 3 aromatic heterocycles.